The Morgan fingerprint density at radius 2 is 2.00 bits per heavy atom. The Bertz CT molecular complexity index is 425. The Hall–Kier alpha value is -0.550. The van der Waals surface area contributed by atoms with E-state index in [2.05, 4.69) is 29.3 Å². The van der Waals surface area contributed by atoms with Gasteiger partial charge in [-0.1, -0.05) is 13.0 Å². The zero-order valence-corrected chi connectivity index (χ0v) is 13.4. The number of aromatic nitrogens is 1. The Labute approximate surface area is 133 Å². The van der Waals surface area contributed by atoms with Crippen LogP contribution < -0.4 is 10.2 Å². The van der Waals surface area contributed by atoms with Gasteiger partial charge in [0, 0.05) is 25.6 Å². The minimum absolute atomic E-state index is 0. The van der Waals surface area contributed by atoms with Crippen molar-refractivity contribution in [3.63, 3.8) is 0 Å². The molecule has 1 aromatic rings. The molecule has 0 spiro atoms. The van der Waals surface area contributed by atoms with Gasteiger partial charge in [-0.15, -0.1) is 24.8 Å². The Kier molecular flexibility index (Phi) is 7.03. The first-order valence-electron chi connectivity index (χ1n) is 6.88. The first-order valence-corrected chi connectivity index (χ1v) is 6.88. The maximum absolute atomic E-state index is 5.40. The lowest BCUT2D eigenvalue weighted by molar-refractivity contribution is 0.122. The topological polar surface area (TPSA) is 37.4 Å². The van der Waals surface area contributed by atoms with Gasteiger partial charge in [0.25, 0.3) is 0 Å². The molecule has 0 aromatic carbocycles. The van der Waals surface area contributed by atoms with Crippen LogP contribution in [0.25, 0.3) is 0 Å². The highest BCUT2D eigenvalue weighted by Crippen LogP contribution is 2.24. The van der Waals surface area contributed by atoms with Gasteiger partial charge in [-0.3, -0.25) is 0 Å². The van der Waals surface area contributed by atoms with Crippen molar-refractivity contribution in [2.45, 2.75) is 19.3 Å². The number of fused-ring (bicyclic) bond motifs is 1. The Balaban J connectivity index is 0.000001000. The average Bonchev–Trinajstić information content (AvgIpc) is 2.62. The van der Waals surface area contributed by atoms with Gasteiger partial charge in [-0.25, -0.2) is 4.98 Å². The summed E-state index contributed by atoms with van der Waals surface area (Å²) in [5.74, 6) is 1.62. The van der Waals surface area contributed by atoms with Crippen LogP contribution in [0.5, 0.6) is 0 Å². The van der Waals surface area contributed by atoms with Crippen molar-refractivity contribution in [3.8, 4) is 0 Å². The quantitative estimate of drug-likeness (QED) is 0.859. The van der Waals surface area contributed by atoms with E-state index in [1.807, 2.05) is 0 Å². The predicted octanol–water partition coefficient (Wildman–Crippen LogP) is 2.01. The van der Waals surface area contributed by atoms with Gasteiger partial charge in [-0.05, 0) is 24.6 Å². The van der Waals surface area contributed by atoms with Gasteiger partial charge in [0.05, 0.1) is 18.9 Å². The summed E-state index contributed by atoms with van der Waals surface area (Å²) < 4.78 is 5.40. The molecule has 6 heteroatoms. The van der Waals surface area contributed by atoms with Crippen molar-refractivity contribution in [1.29, 1.82) is 0 Å². The highest BCUT2D eigenvalue weighted by atomic mass is 35.5. The fourth-order valence-corrected chi connectivity index (χ4v) is 2.74. The lowest BCUT2D eigenvalue weighted by atomic mass is 10.0. The molecular weight excluding hydrogens is 297 g/mol. The lowest BCUT2D eigenvalue weighted by Gasteiger charge is -2.28. The van der Waals surface area contributed by atoms with E-state index in [1.165, 1.54) is 11.3 Å². The molecule has 3 rings (SSSR count). The molecule has 1 N–H and O–H groups in total. The number of anilines is 1. The van der Waals surface area contributed by atoms with Crippen LogP contribution in [0, 0.1) is 0 Å². The van der Waals surface area contributed by atoms with Crippen molar-refractivity contribution >= 4 is 30.6 Å². The second-order valence-electron chi connectivity index (χ2n) is 5.17. The molecule has 0 unspecified atom stereocenters. The van der Waals surface area contributed by atoms with Crippen LogP contribution >= 0.6 is 24.8 Å². The zero-order valence-electron chi connectivity index (χ0n) is 11.8. The van der Waals surface area contributed by atoms with Gasteiger partial charge < -0.3 is 15.0 Å². The smallest absolute Gasteiger partial charge is 0.128 e. The van der Waals surface area contributed by atoms with E-state index >= 15 is 0 Å². The number of ether oxygens (including phenoxy) is 1. The van der Waals surface area contributed by atoms with Crippen LogP contribution in [0.3, 0.4) is 0 Å². The molecule has 0 bridgehead atoms. The summed E-state index contributed by atoms with van der Waals surface area (Å²) >= 11 is 0. The van der Waals surface area contributed by atoms with Gasteiger partial charge >= 0.3 is 0 Å². The number of pyridine rings is 1. The minimum Gasteiger partial charge on any atom is -0.378 e. The van der Waals surface area contributed by atoms with E-state index < -0.39 is 0 Å². The third-order valence-corrected chi connectivity index (χ3v) is 3.82. The maximum Gasteiger partial charge on any atom is 0.128 e. The van der Waals surface area contributed by atoms with Crippen LogP contribution in [0.15, 0.2) is 12.1 Å². The zero-order chi connectivity index (χ0) is 12.4. The fourth-order valence-electron chi connectivity index (χ4n) is 2.74. The summed E-state index contributed by atoms with van der Waals surface area (Å²) in [6.07, 6.45) is 1.09. The highest BCUT2D eigenvalue weighted by Gasteiger charge is 2.19. The SMILES string of the molecule is C[C@@H]1CNCCc2ccc(N3CCOCC3)nc21.Cl.Cl. The van der Waals surface area contributed by atoms with Crippen LogP contribution in [0.4, 0.5) is 5.82 Å². The number of morpholine rings is 1. The largest absolute Gasteiger partial charge is 0.378 e. The summed E-state index contributed by atoms with van der Waals surface area (Å²) in [7, 11) is 0. The number of hydrogen-bond donors (Lipinski definition) is 1. The molecule has 4 nitrogen and oxygen atoms in total. The molecule has 1 fully saturated rings. The third-order valence-electron chi connectivity index (χ3n) is 3.82. The van der Waals surface area contributed by atoms with Crippen LogP contribution in [-0.2, 0) is 11.2 Å². The first kappa shape index (κ1) is 17.5. The van der Waals surface area contributed by atoms with Gasteiger partial charge in [0.1, 0.15) is 5.82 Å². The van der Waals surface area contributed by atoms with Crippen molar-refractivity contribution in [1.82, 2.24) is 10.3 Å². The fraction of sp³-hybridized carbons (Fsp3) is 0.643. The maximum atomic E-state index is 5.40. The number of hydrogen-bond acceptors (Lipinski definition) is 4. The number of halogens is 2. The van der Waals surface area contributed by atoms with E-state index in [0.29, 0.717) is 5.92 Å². The van der Waals surface area contributed by atoms with Crippen molar-refractivity contribution < 1.29 is 4.74 Å². The Morgan fingerprint density at radius 1 is 1.25 bits per heavy atom. The summed E-state index contributed by atoms with van der Waals surface area (Å²) in [5, 5.41) is 3.47. The van der Waals surface area contributed by atoms with E-state index in [9.17, 15) is 0 Å². The van der Waals surface area contributed by atoms with E-state index in [0.717, 1.165) is 51.6 Å². The molecule has 1 saturated heterocycles. The molecule has 2 aliphatic heterocycles. The first-order chi connectivity index (χ1) is 8.84. The minimum atomic E-state index is 0. The molecule has 1 aromatic heterocycles. The molecule has 114 valence electrons. The molecule has 0 aliphatic carbocycles. The highest BCUT2D eigenvalue weighted by molar-refractivity contribution is 5.85. The van der Waals surface area contributed by atoms with E-state index in [-0.39, 0.29) is 24.8 Å². The predicted molar refractivity (Wildman–Crippen MR) is 86.8 cm³/mol. The monoisotopic (exact) mass is 319 g/mol. The summed E-state index contributed by atoms with van der Waals surface area (Å²) in [6.45, 7) is 7.90. The summed E-state index contributed by atoms with van der Waals surface area (Å²) in [5.41, 5.74) is 2.69. The Morgan fingerprint density at radius 3 is 2.75 bits per heavy atom. The van der Waals surface area contributed by atoms with E-state index in [1.54, 1.807) is 0 Å². The molecule has 1 atom stereocenters. The summed E-state index contributed by atoms with van der Waals surface area (Å²) in [4.78, 5) is 7.24. The third kappa shape index (κ3) is 3.76. The normalized spacial score (nSPS) is 22.1. The number of rotatable bonds is 1. The molecule has 0 saturated carbocycles. The molecule has 20 heavy (non-hydrogen) atoms. The molecule has 2 aliphatic rings. The lowest BCUT2D eigenvalue weighted by Crippen LogP contribution is -2.37. The van der Waals surface area contributed by atoms with E-state index in [4.69, 9.17) is 9.72 Å². The van der Waals surface area contributed by atoms with Crippen molar-refractivity contribution in [3.05, 3.63) is 23.4 Å². The molecule has 0 amide bonds. The van der Waals surface area contributed by atoms with Crippen LogP contribution in [0.2, 0.25) is 0 Å². The van der Waals surface area contributed by atoms with Crippen molar-refractivity contribution in [2.75, 3.05) is 44.3 Å². The molecule has 3 heterocycles. The van der Waals surface area contributed by atoms with Crippen molar-refractivity contribution in [2.24, 2.45) is 0 Å². The van der Waals surface area contributed by atoms with Crippen LogP contribution in [0.1, 0.15) is 24.1 Å². The standard InChI is InChI=1S/C14H21N3O.2ClH/c1-11-10-15-5-4-12-2-3-13(16-14(11)12)17-6-8-18-9-7-17;;/h2-3,11,15H,4-10H2,1H3;2*1H/t11-;;/m1../s1. The average molecular weight is 320 g/mol. The number of nitrogens with one attached hydrogen (secondary N) is 1. The van der Waals surface area contributed by atoms with Gasteiger partial charge in [0.15, 0.2) is 0 Å². The number of nitrogens with zero attached hydrogens (tertiary/aromatic N) is 2. The van der Waals surface area contributed by atoms with Gasteiger partial charge in [0.2, 0.25) is 0 Å². The molecule has 0 radical (unpaired) electrons. The van der Waals surface area contributed by atoms with Gasteiger partial charge in [-0.2, -0.15) is 0 Å². The second-order valence-corrected chi connectivity index (χ2v) is 5.17. The second kappa shape index (κ2) is 8.03. The molecular formula is C14H23Cl2N3O. The van der Waals surface area contributed by atoms with Crippen LogP contribution in [-0.4, -0.2) is 44.4 Å². The summed E-state index contributed by atoms with van der Waals surface area (Å²) in [6, 6.07) is 4.43.